The highest BCUT2D eigenvalue weighted by atomic mass is 16.2. The van der Waals surface area contributed by atoms with Gasteiger partial charge in [-0.15, -0.1) is 0 Å². The molecule has 4 nitrogen and oxygen atoms in total. The second-order valence-corrected chi connectivity index (χ2v) is 5.88. The Hall–Kier alpha value is -0.610. The molecule has 0 spiro atoms. The summed E-state index contributed by atoms with van der Waals surface area (Å²) >= 11 is 0. The van der Waals surface area contributed by atoms with Crippen LogP contribution < -0.4 is 5.73 Å². The summed E-state index contributed by atoms with van der Waals surface area (Å²) in [4.78, 5) is 16.2. The number of hydrogen-bond donors (Lipinski definition) is 1. The van der Waals surface area contributed by atoms with Crippen molar-refractivity contribution >= 4 is 5.91 Å². The second kappa shape index (κ2) is 4.72. The van der Waals surface area contributed by atoms with Gasteiger partial charge in [0.1, 0.15) is 6.04 Å². The van der Waals surface area contributed by atoms with E-state index in [4.69, 9.17) is 5.73 Å². The molecule has 0 bridgehead atoms. The molecule has 2 N–H and O–H groups in total. The van der Waals surface area contributed by atoms with Crippen molar-refractivity contribution in [2.24, 2.45) is 11.1 Å². The van der Waals surface area contributed by atoms with Crippen molar-refractivity contribution in [1.29, 1.82) is 0 Å². The van der Waals surface area contributed by atoms with E-state index in [0.29, 0.717) is 12.6 Å². The van der Waals surface area contributed by atoms with Crippen molar-refractivity contribution in [3.8, 4) is 0 Å². The molecule has 1 heterocycles. The molecule has 1 aliphatic rings. The fourth-order valence-corrected chi connectivity index (χ4v) is 2.55. The number of nitrogens with two attached hydrogens (primary N) is 1. The number of hydrogen-bond acceptors (Lipinski definition) is 3. The van der Waals surface area contributed by atoms with Crippen molar-refractivity contribution in [2.45, 2.75) is 39.8 Å². The van der Waals surface area contributed by atoms with E-state index in [-0.39, 0.29) is 17.4 Å². The molecule has 0 aromatic carbocycles. The lowest BCUT2D eigenvalue weighted by atomic mass is 9.92. The van der Waals surface area contributed by atoms with Crippen molar-refractivity contribution in [3.63, 3.8) is 0 Å². The summed E-state index contributed by atoms with van der Waals surface area (Å²) < 4.78 is 0. The maximum Gasteiger partial charge on any atom is 0.241 e. The minimum absolute atomic E-state index is 0.124. The third kappa shape index (κ3) is 2.74. The van der Waals surface area contributed by atoms with E-state index >= 15 is 0 Å². The smallest absolute Gasteiger partial charge is 0.241 e. The Balaban J connectivity index is 3.01. The summed E-state index contributed by atoms with van der Waals surface area (Å²) in [7, 11) is 1.87. The first-order chi connectivity index (χ1) is 7.28. The number of likely N-dealkylation sites (N-methyl/N-ethyl adjacent to an activating group) is 1. The monoisotopic (exact) mass is 227 g/mol. The highest BCUT2D eigenvalue weighted by molar-refractivity contribution is 5.82. The normalized spacial score (nSPS) is 27.3. The van der Waals surface area contributed by atoms with Gasteiger partial charge in [-0.1, -0.05) is 13.8 Å². The van der Waals surface area contributed by atoms with Crippen LogP contribution in [0.2, 0.25) is 0 Å². The van der Waals surface area contributed by atoms with Gasteiger partial charge in [-0.25, -0.2) is 0 Å². The molecule has 1 atom stereocenters. The number of rotatable bonds is 2. The molecule has 4 heteroatoms. The molecule has 0 aliphatic carbocycles. The highest BCUT2D eigenvalue weighted by Crippen LogP contribution is 2.25. The fourth-order valence-electron chi connectivity index (χ4n) is 2.55. The summed E-state index contributed by atoms with van der Waals surface area (Å²) in [5.74, 6) is 0.154. The standard InChI is InChI=1S/C12H25N3O/c1-9(2)15-8-12(3,4)7-14(5)11(16)10(15)6-13/h9-10H,6-8,13H2,1-5H3. The summed E-state index contributed by atoms with van der Waals surface area (Å²) in [5, 5.41) is 0. The molecule has 0 radical (unpaired) electrons. The fraction of sp³-hybridized carbons (Fsp3) is 0.917. The Morgan fingerprint density at radius 3 is 2.44 bits per heavy atom. The van der Waals surface area contributed by atoms with Crippen LogP contribution in [0, 0.1) is 5.41 Å². The lowest BCUT2D eigenvalue weighted by Crippen LogP contribution is -2.52. The SMILES string of the molecule is CC(C)N1CC(C)(C)CN(C)C(=O)C1CN. The largest absolute Gasteiger partial charge is 0.344 e. The lowest BCUT2D eigenvalue weighted by Gasteiger charge is -2.35. The second-order valence-electron chi connectivity index (χ2n) is 5.88. The zero-order valence-corrected chi connectivity index (χ0v) is 11.2. The van der Waals surface area contributed by atoms with Crippen LogP contribution in [0.15, 0.2) is 0 Å². The Kier molecular flexibility index (Phi) is 3.97. The molecule has 0 aromatic rings. The molecule has 94 valence electrons. The Labute approximate surface area is 98.8 Å². The zero-order valence-electron chi connectivity index (χ0n) is 11.2. The van der Waals surface area contributed by atoms with Gasteiger partial charge in [-0.2, -0.15) is 0 Å². The molecule has 1 aliphatic heterocycles. The Morgan fingerprint density at radius 1 is 1.44 bits per heavy atom. The summed E-state index contributed by atoms with van der Waals surface area (Å²) in [6.07, 6.45) is 0. The van der Waals surface area contributed by atoms with E-state index in [1.54, 1.807) is 0 Å². The summed E-state index contributed by atoms with van der Waals surface area (Å²) in [6.45, 7) is 10.8. The van der Waals surface area contributed by atoms with Crippen molar-refractivity contribution in [1.82, 2.24) is 9.80 Å². The van der Waals surface area contributed by atoms with Crippen LogP contribution in [-0.4, -0.2) is 54.5 Å². The van der Waals surface area contributed by atoms with Crippen LogP contribution in [-0.2, 0) is 4.79 Å². The van der Waals surface area contributed by atoms with Crippen LogP contribution in [0.4, 0.5) is 0 Å². The molecule has 0 aromatic heterocycles. The van der Waals surface area contributed by atoms with E-state index in [1.807, 2.05) is 11.9 Å². The van der Waals surface area contributed by atoms with Crippen molar-refractivity contribution in [2.75, 3.05) is 26.7 Å². The minimum Gasteiger partial charge on any atom is -0.344 e. The summed E-state index contributed by atoms with van der Waals surface area (Å²) in [6, 6.07) is 0.190. The highest BCUT2D eigenvalue weighted by Gasteiger charge is 2.38. The Morgan fingerprint density at radius 2 is 2.00 bits per heavy atom. The van der Waals surface area contributed by atoms with Crippen LogP contribution in [0.25, 0.3) is 0 Å². The third-order valence-electron chi connectivity index (χ3n) is 3.22. The first-order valence-corrected chi connectivity index (χ1v) is 5.99. The molecule has 1 unspecified atom stereocenters. The molecule has 1 rings (SSSR count). The van der Waals surface area contributed by atoms with Gasteiger partial charge >= 0.3 is 0 Å². The van der Waals surface area contributed by atoms with Crippen LogP contribution in [0.1, 0.15) is 27.7 Å². The van der Waals surface area contributed by atoms with Gasteiger partial charge in [-0.3, -0.25) is 9.69 Å². The van der Waals surface area contributed by atoms with E-state index in [2.05, 4.69) is 32.6 Å². The average Bonchev–Trinajstić information content (AvgIpc) is 2.23. The van der Waals surface area contributed by atoms with E-state index in [1.165, 1.54) is 0 Å². The van der Waals surface area contributed by atoms with E-state index in [9.17, 15) is 4.79 Å². The van der Waals surface area contributed by atoms with Crippen LogP contribution >= 0.6 is 0 Å². The molecule has 1 fully saturated rings. The molecular formula is C12H25N3O. The third-order valence-corrected chi connectivity index (χ3v) is 3.22. The minimum atomic E-state index is -0.160. The molecule has 1 amide bonds. The number of amides is 1. The van der Waals surface area contributed by atoms with Gasteiger partial charge in [0.15, 0.2) is 0 Å². The lowest BCUT2D eigenvalue weighted by molar-refractivity contribution is -0.134. The van der Waals surface area contributed by atoms with Gasteiger partial charge < -0.3 is 10.6 Å². The van der Waals surface area contributed by atoms with Gasteiger partial charge in [-0.05, 0) is 19.3 Å². The van der Waals surface area contributed by atoms with Gasteiger partial charge in [0, 0.05) is 32.7 Å². The molecule has 0 saturated carbocycles. The molecule has 1 saturated heterocycles. The molecular weight excluding hydrogens is 202 g/mol. The average molecular weight is 227 g/mol. The Bertz CT molecular complexity index is 263. The predicted octanol–water partition coefficient (Wildman–Crippen LogP) is 0.522. The van der Waals surface area contributed by atoms with Crippen molar-refractivity contribution in [3.05, 3.63) is 0 Å². The first-order valence-electron chi connectivity index (χ1n) is 5.99. The van der Waals surface area contributed by atoms with Crippen molar-refractivity contribution < 1.29 is 4.79 Å². The van der Waals surface area contributed by atoms with Gasteiger partial charge in [0.25, 0.3) is 0 Å². The number of carbonyl (C=O) groups excluding carboxylic acids is 1. The number of carbonyl (C=O) groups is 1. The number of nitrogens with zero attached hydrogens (tertiary/aromatic N) is 2. The predicted molar refractivity (Wildman–Crippen MR) is 66.1 cm³/mol. The first kappa shape index (κ1) is 13.5. The van der Waals surface area contributed by atoms with E-state index in [0.717, 1.165) is 13.1 Å². The maximum absolute atomic E-state index is 12.2. The zero-order chi connectivity index (χ0) is 12.5. The van der Waals surface area contributed by atoms with Gasteiger partial charge in [0.2, 0.25) is 5.91 Å². The quantitative estimate of drug-likeness (QED) is 0.748. The summed E-state index contributed by atoms with van der Waals surface area (Å²) in [5.41, 5.74) is 5.88. The maximum atomic E-state index is 12.2. The topological polar surface area (TPSA) is 49.6 Å². The van der Waals surface area contributed by atoms with E-state index < -0.39 is 0 Å². The van der Waals surface area contributed by atoms with Gasteiger partial charge in [0.05, 0.1) is 0 Å². The van der Waals surface area contributed by atoms with Crippen LogP contribution in [0.5, 0.6) is 0 Å². The molecule has 16 heavy (non-hydrogen) atoms. The van der Waals surface area contributed by atoms with Crippen LogP contribution in [0.3, 0.4) is 0 Å².